The Kier molecular flexibility index (Phi) is 3.74. The van der Waals surface area contributed by atoms with Gasteiger partial charge in [-0.3, -0.25) is 0 Å². The van der Waals surface area contributed by atoms with Gasteiger partial charge in [0.15, 0.2) is 0 Å². The highest BCUT2D eigenvalue weighted by Gasteiger charge is 2.09. The summed E-state index contributed by atoms with van der Waals surface area (Å²) in [4.78, 5) is 4.31. The smallest absolute Gasteiger partial charge is 0.112 e. The third-order valence-corrected chi connectivity index (χ3v) is 3.37. The quantitative estimate of drug-likeness (QED) is 0.863. The number of hydrogen-bond donors (Lipinski definition) is 1. The lowest BCUT2D eigenvalue weighted by Gasteiger charge is -2.15. The Morgan fingerprint density at radius 3 is 3.12 bits per heavy atom. The molecular weight excluding hydrogens is 218 g/mol. The molecule has 16 heavy (non-hydrogen) atoms. The van der Waals surface area contributed by atoms with Crippen molar-refractivity contribution in [3.63, 3.8) is 0 Å². The Morgan fingerprint density at radius 2 is 2.44 bits per heavy atom. The largest absolute Gasteiger partial charge is 0.343 e. The molecule has 0 aliphatic rings. The summed E-state index contributed by atoms with van der Waals surface area (Å²) in [6.45, 7) is 6.18. The van der Waals surface area contributed by atoms with Crippen LogP contribution in [0.3, 0.4) is 0 Å². The molecule has 2 aromatic rings. The summed E-state index contributed by atoms with van der Waals surface area (Å²) in [7, 11) is 0. The first-order valence-electron chi connectivity index (χ1n) is 5.58. The molecule has 0 aliphatic carbocycles. The van der Waals surface area contributed by atoms with Crippen LogP contribution < -0.4 is 5.32 Å². The minimum atomic E-state index is 0.389. The van der Waals surface area contributed by atoms with E-state index in [-0.39, 0.29) is 0 Å². The Labute approximate surface area is 100 Å². The Balaban J connectivity index is 2.13. The van der Waals surface area contributed by atoms with Crippen LogP contribution in [-0.4, -0.2) is 16.1 Å². The Hall–Kier alpha value is -1.13. The fraction of sp³-hybridized carbons (Fsp3) is 0.417. The fourth-order valence-corrected chi connectivity index (χ4v) is 2.47. The Bertz CT molecular complexity index is 419. The van der Waals surface area contributed by atoms with Gasteiger partial charge in [0, 0.05) is 29.5 Å². The van der Waals surface area contributed by atoms with Crippen molar-refractivity contribution < 1.29 is 0 Å². The van der Waals surface area contributed by atoms with Crippen LogP contribution in [0.15, 0.2) is 29.9 Å². The van der Waals surface area contributed by atoms with Gasteiger partial charge in [0.25, 0.3) is 0 Å². The van der Waals surface area contributed by atoms with Crippen molar-refractivity contribution in [1.29, 1.82) is 0 Å². The minimum Gasteiger partial charge on any atom is -0.343 e. The van der Waals surface area contributed by atoms with Crippen LogP contribution in [0.5, 0.6) is 0 Å². The first-order valence-corrected chi connectivity index (χ1v) is 6.46. The summed E-state index contributed by atoms with van der Waals surface area (Å²) < 4.78 is 2.26. The van der Waals surface area contributed by atoms with Crippen LogP contribution in [0.25, 0.3) is 0 Å². The van der Waals surface area contributed by atoms with Gasteiger partial charge in [-0.2, -0.15) is 0 Å². The number of thiazole rings is 1. The average molecular weight is 235 g/mol. The summed E-state index contributed by atoms with van der Waals surface area (Å²) in [6.07, 6.45) is 3.97. The number of hydrogen-bond acceptors (Lipinski definition) is 3. The van der Waals surface area contributed by atoms with Crippen molar-refractivity contribution in [2.24, 2.45) is 0 Å². The predicted molar refractivity (Wildman–Crippen MR) is 67.7 cm³/mol. The third kappa shape index (κ3) is 2.51. The molecule has 3 nitrogen and oxygen atoms in total. The highest BCUT2D eigenvalue weighted by molar-refractivity contribution is 7.09. The van der Waals surface area contributed by atoms with E-state index in [4.69, 9.17) is 0 Å². The molecule has 0 saturated heterocycles. The minimum absolute atomic E-state index is 0.389. The molecule has 0 radical (unpaired) electrons. The summed E-state index contributed by atoms with van der Waals surface area (Å²) in [5.41, 5.74) is 1.32. The van der Waals surface area contributed by atoms with Crippen molar-refractivity contribution in [1.82, 2.24) is 14.9 Å². The molecule has 0 spiro atoms. The van der Waals surface area contributed by atoms with Gasteiger partial charge in [-0.05, 0) is 25.6 Å². The van der Waals surface area contributed by atoms with E-state index >= 15 is 0 Å². The average Bonchev–Trinajstić information content (AvgIpc) is 2.90. The van der Waals surface area contributed by atoms with Crippen LogP contribution in [0.1, 0.15) is 30.6 Å². The Morgan fingerprint density at radius 1 is 1.56 bits per heavy atom. The molecular formula is C12H17N3S. The van der Waals surface area contributed by atoms with Gasteiger partial charge >= 0.3 is 0 Å². The first kappa shape index (κ1) is 11.4. The predicted octanol–water partition coefficient (Wildman–Crippen LogP) is 2.66. The second-order valence-electron chi connectivity index (χ2n) is 3.77. The van der Waals surface area contributed by atoms with E-state index in [0.29, 0.717) is 6.04 Å². The lowest BCUT2D eigenvalue weighted by Crippen LogP contribution is -2.20. The van der Waals surface area contributed by atoms with Gasteiger partial charge in [0.05, 0.1) is 6.54 Å². The van der Waals surface area contributed by atoms with Gasteiger partial charge in [-0.1, -0.05) is 6.92 Å². The van der Waals surface area contributed by atoms with E-state index in [0.717, 1.165) is 18.1 Å². The molecule has 0 amide bonds. The monoisotopic (exact) mass is 235 g/mol. The molecule has 0 fully saturated rings. The molecule has 0 bridgehead atoms. The molecule has 2 aromatic heterocycles. The molecule has 0 aliphatic heterocycles. The summed E-state index contributed by atoms with van der Waals surface area (Å²) >= 11 is 1.70. The standard InChI is InChI=1S/C12H17N3S/c1-3-13-10(2)11-5-4-7-15(11)9-12-14-6-8-16-12/h4-8,10,13H,3,9H2,1-2H3. The number of rotatable bonds is 5. The fourth-order valence-electron chi connectivity index (χ4n) is 1.85. The van der Waals surface area contributed by atoms with Crippen molar-refractivity contribution >= 4 is 11.3 Å². The molecule has 86 valence electrons. The van der Waals surface area contributed by atoms with Crippen molar-refractivity contribution in [3.05, 3.63) is 40.6 Å². The molecule has 2 heterocycles. The zero-order chi connectivity index (χ0) is 11.4. The normalized spacial score (nSPS) is 12.9. The van der Waals surface area contributed by atoms with E-state index in [1.165, 1.54) is 5.69 Å². The van der Waals surface area contributed by atoms with Crippen LogP contribution in [0.4, 0.5) is 0 Å². The maximum Gasteiger partial charge on any atom is 0.112 e. The second kappa shape index (κ2) is 5.27. The lowest BCUT2D eigenvalue weighted by atomic mass is 10.2. The lowest BCUT2D eigenvalue weighted by molar-refractivity contribution is 0.553. The van der Waals surface area contributed by atoms with Crippen molar-refractivity contribution in [2.75, 3.05) is 6.54 Å². The molecule has 1 atom stereocenters. The maximum atomic E-state index is 4.31. The SMILES string of the molecule is CCNC(C)c1cccn1Cc1nccs1. The van der Waals surface area contributed by atoms with Crippen LogP contribution >= 0.6 is 11.3 Å². The van der Waals surface area contributed by atoms with Gasteiger partial charge in [0.2, 0.25) is 0 Å². The van der Waals surface area contributed by atoms with E-state index in [1.54, 1.807) is 11.3 Å². The number of nitrogens with zero attached hydrogens (tertiary/aromatic N) is 2. The van der Waals surface area contributed by atoms with Gasteiger partial charge in [-0.25, -0.2) is 4.98 Å². The van der Waals surface area contributed by atoms with E-state index in [9.17, 15) is 0 Å². The van der Waals surface area contributed by atoms with Crippen LogP contribution in [-0.2, 0) is 6.54 Å². The van der Waals surface area contributed by atoms with Crippen LogP contribution in [0.2, 0.25) is 0 Å². The highest BCUT2D eigenvalue weighted by atomic mass is 32.1. The molecule has 4 heteroatoms. The topological polar surface area (TPSA) is 29.9 Å². The molecule has 1 unspecified atom stereocenters. The van der Waals surface area contributed by atoms with Gasteiger partial charge in [-0.15, -0.1) is 11.3 Å². The van der Waals surface area contributed by atoms with Crippen molar-refractivity contribution in [3.8, 4) is 0 Å². The summed E-state index contributed by atoms with van der Waals surface area (Å²) in [5.74, 6) is 0. The summed E-state index contributed by atoms with van der Waals surface area (Å²) in [6, 6.07) is 4.65. The highest BCUT2D eigenvalue weighted by Crippen LogP contribution is 2.16. The molecule has 0 saturated carbocycles. The van der Waals surface area contributed by atoms with E-state index in [1.807, 2.05) is 11.6 Å². The molecule has 0 aromatic carbocycles. The van der Waals surface area contributed by atoms with Gasteiger partial charge < -0.3 is 9.88 Å². The molecule has 1 N–H and O–H groups in total. The second-order valence-corrected chi connectivity index (χ2v) is 4.75. The zero-order valence-corrected chi connectivity index (χ0v) is 10.5. The maximum absolute atomic E-state index is 4.31. The molecule has 2 rings (SSSR count). The van der Waals surface area contributed by atoms with E-state index < -0.39 is 0 Å². The van der Waals surface area contributed by atoms with E-state index in [2.05, 4.69) is 47.0 Å². The van der Waals surface area contributed by atoms with Crippen molar-refractivity contribution in [2.45, 2.75) is 26.4 Å². The number of nitrogens with one attached hydrogen (secondary N) is 1. The number of aromatic nitrogens is 2. The van der Waals surface area contributed by atoms with Gasteiger partial charge in [0.1, 0.15) is 5.01 Å². The zero-order valence-electron chi connectivity index (χ0n) is 9.68. The first-order chi connectivity index (χ1) is 7.81. The van der Waals surface area contributed by atoms with Crippen LogP contribution in [0, 0.1) is 0 Å². The summed E-state index contributed by atoms with van der Waals surface area (Å²) in [5, 5.41) is 6.60. The third-order valence-electron chi connectivity index (χ3n) is 2.61.